The van der Waals surface area contributed by atoms with Gasteiger partial charge in [0, 0.05) is 13.2 Å². The molecule has 0 radical (unpaired) electrons. The van der Waals surface area contributed by atoms with Gasteiger partial charge in [-0.15, -0.1) is 0 Å². The van der Waals surface area contributed by atoms with Crippen molar-refractivity contribution in [3.63, 3.8) is 0 Å². The summed E-state index contributed by atoms with van der Waals surface area (Å²) in [6, 6.07) is 8.70. The lowest BCUT2D eigenvalue weighted by atomic mass is 10.0. The number of ether oxygens (including phenoxy) is 1. The first kappa shape index (κ1) is 15.5. The Bertz CT molecular complexity index is 539. The highest BCUT2D eigenvalue weighted by molar-refractivity contribution is 5.77. The predicted octanol–water partition coefficient (Wildman–Crippen LogP) is 1.48. The van der Waals surface area contributed by atoms with E-state index in [1.807, 2.05) is 6.07 Å². The number of nitriles is 1. The number of esters is 1. The van der Waals surface area contributed by atoms with Gasteiger partial charge in [-0.05, 0) is 43.0 Å². The second kappa shape index (κ2) is 7.21. The van der Waals surface area contributed by atoms with Crippen molar-refractivity contribution in [1.29, 1.82) is 5.26 Å². The zero-order chi connectivity index (χ0) is 15.2. The van der Waals surface area contributed by atoms with Gasteiger partial charge >= 0.3 is 5.97 Å². The summed E-state index contributed by atoms with van der Waals surface area (Å²) in [4.78, 5) is 14.2. The van der Waals surface area contributed by atoms with Gasteiger partial charge in [-0.2, -0.15) is 5.26 Å². The normalized spacial score (nSPS) is 20.0. The maximum absolute atomic E-state index is 12.2. The van der Waals surface area contributed by atoms with Crippen molar-refractivity contribution in [2.75, 3.05) is 26.8 Å². The van der Waals surface area contributed by atoms with Crippen LogP contribution in [0.3, 0.4) is 0 Å². The molecule has 1 N–H and O–H groups in total. The van der Waals surface area contributed by atoms with Crippen molar-refractivity contribution >= 4 is 5.97 Å². The number of methoxy groups -OCH3 is 1. The standard InChI is InChI=1S/C16H20N2O3/c1-21-16(20)15(14-4-2-3-13(9-14)10-17)18-7-5-12(11-18)6-8-19/h2-4,9,12,15,19H,5-8,11H2,1H3/t12-,15+/m0/s1. The molecule has 0 spiro atoms. The molecule has 1 aliphatic rings. The Kier molecular flexibility index (Phi) is 5.32. The minimum atomic E-state index is -0.480. The van der Waals surface area contributed by atoms with Gasteiger partial charge in [0.1, 0.15) is 6.04 Å². The molecule has 0 saturated carbocycles. The third-order valence-corrected chi connectivity index (χ3v) is 3.98. The largest absolute Gasteiger partial charge is 0.468 e. The summed E-state index contributed by atoms with van der Waals surface area (Å²) in [5.74, 6) is 0.0936. The second-order valence-electron chi connectivity index (χ2n) is 5.32. The number of rotatable bonds is 5. The van der Waals surface area contributed by atoms with Crippen molar-refractivity contribution in [3.05, 3.63) is 35.4 Å². The highest BCUT2D eigenvalue weighted by atomic mass is 16.5. The van der Waals surface area contributed by atoms with Crippen LogP contribution in [0, 0.1) is 17.2 Å². The summed E-state index contributed by atoms with van der Waals surface area (Å²) in [5.41, 5.74) is 1.32. The number of nitrogens with zero attached hydrogens (tertiary/aromatic N) is 2. The zero-order valence-electron chi connectivity index (χ0n) is 12.2. The first-order chi connectivity index (χ1) is 10.2. The van der Waals surface area contributed by atoms with Crippen molar-refractivity contribution < 1.29 is 14.6 Å². The fourth-order valence-electron chi connectivity index (χ4n) is 2.90. The van der Waals surface area contributed by atoms with Crippen LogP contribution < -0.4 is 0 Å². The molecule has 0 bridgehead atoms. The molecule has 0 aliphatic carbocycles. The number of likely N-dealkylation sites (tertiary alicyclic amines) is 1. The SMILES string of the molecule is COC(=O)[C@@H](c1cccc(C#N)c1)N1CC[C@@H](CCO)C1. The Morgan fingerprint density at radius 2 is 2.43 bits per heavy atom. The molecule has 1 aromatic carbocycles. The van der Waals surface area contributed by atoms with Gasteiger partial charge in [-0.25, -0.2) is 4.79 Å². The van der Waals surface area contributed by atoms with Crippen LogP contribution in [0.1, 0.15) is 30.0 Å². The average Bonchev–Trinajstić information content (AvgIpc) is 2.96. The van der Waals surface area contributed by atoms with Gasteiger partial charge in [0.15, 0.2) is 0 Å². The first-order valence-corrected chi connectivity index (χ1v) is 7.12. The highest BCUT2D eigenvalue weighted by Crippen LogP contribution is 2.30. The Morgan fingerprint density at radius 1 is 1.62 bits per heavy atom. The summed E-state index contributed by atoms with van der Waals surface area (Å²) in [6.45, 7) is 1.73. The molecule has 112 valence electrons. The van der Waals surface area contributed by atoms with Crippen molar-refractivity contribution in [1.82, 2.24) is 4.90 Å². The number of aliphatic hydroxyl groups is 1. The number of hydrogen-bond donors (Lipinski definition) is 1. The smallest absolute Gasteiger partial charge is 0.327 e. The molecule has 1 fully saturated rings. The van der Waals surface area contributed by atoms with Gasteiger partial charge in [0.2, 0.25) is 0 Å². The van der Waals surface area contributed by atoms with Crippen LogP contribution in [0.5, 0.6) is 0 Å². The van der Waals surface area contributed by atoms with E-state index in [1.54, 1.807) is 18.2 Å². The van der Waals surface area contributed by atoms with Crippen molar-refractivity contribution in [2.24, 2.45) is 5.92 Å². The van der Waals surface area contributed by atoms with E-state index < -0.39 is 6.04 Å². The van der Waals surface area contributed by atoms with Crippen LogP contribution in [0.25, 0.3) is 0 Å². The molecule has 5 heteroatoms. The number of aliphatic hydroxyl groups excluding tert-OH is 1. The maximum Gasteiger partial charge on any atom is 0.327 e. The van der Waals surface area contributed by atoms with Gasteiger partial charge in [0.05, 0.1) is 18.7 Å². The third kappa shape index (κ3) is 3.60. The molecule has 1 aromatic rings. The number of benzene rings is 1. The summed E-state index contributed by atoms with van der Waals surface area (Å²) in [6.07, 6.45) is 1.72. The summed E-state index contributed by atoms with van der Waals surface area (Å²) in [5, 5.41) is 18.1. The highest BCUT2D eigenvalue weighted by Gasteiger charge is 2.34. The van der Waals surface area contributed by atoms with Crippen molar-refractivity contribution in [2.45, 2.75) is 18.9 Å². The molecule has 1 aliphatic heterocycles. The van der Waals surface area contributed by atoms with Crippen LogP contribution in [0.4, 0.5) is 0 Å². The summed E-state index contributed by atoms with van der Waals surface area (Å²) in [7, 11) is 1.38. The third-order valence-electron chi connectivity index (χ3n) is 3.98. The monoisotopic (exact) mass is 288 g/mol. The number of carbonyl (C=O) groups excluding carboxylic acids is 1. The quantitative estimate of drug-likeness (QED) is 0.831. The molecule has 2 rings (SSSR count). The van der Waals surface area contributed by atoms with Crippen LogP contribution >= 0.6 is 0 Å². The van der Waals surface area contributed by atoms with E-state index in [4.69, 9.17) is 15.1 Å². The van der Waals surface area contributed by atoms with E-state index in [-0.39, 0.29) is 12.6 Å². The fraction of sp³-hybridized carbons (Fsp3) is 0.500. The molecule has 1 saturated heterocycles. The Morgan fingerprint density at radius 3 is 3.10 bits per heavy atom. The zero-order valence-corrected chi connectivity index (χ0v) is 12.2. The Labute approximate surface area is 124 Å². The van der Waals surface area contributed by atoms with E-state index in [2.05, 4.69) is 11.0 Å². The minimum absolute atomic E-state index is 0.172. The Balaban J connectivity index is 2.23. The maximum atomic E-state index is 12.2. The number of hydrogen-bond acceptors (Lipinski definition) is 5. The molecular formula is C16H20N2O3. The summed E-state index contributed by atoms with van der Waals surface area (Å²) < 4.78 is 4.94. The molecular weight excluding hydrogens is 268 g/mol. The van der Waals surface area contributed by atoms with Gasteiger partial charge in [-0.3, -0.25) is 4.90 Å². The molecule has 0 amide bonds. The molecule has 5 nitrogen and oxygen atoms in total. The Hall–Kier alpha value is -1.90. The lowest BCUT2D eigenvalue weighted by Crippen LogP contribution is -2.33. The van der Waals surface area contributed by atoms with Gasteiger partial charge < -0.3 is 9.84 Å². The van der Waals surface area contributed by atoms with Gasteiger partial charge in [-0.1, -0.05) is 12.1 Å². The number of carbonyl (C=O) groups is 1. The van der Waals surface area contributed by atoms with Crippen LogP contribution in [-0.4, -0.2) is 42.8 Å². The van der Waals surface area contributed by atoms with Crippen LogP contribution in [-0.2, 0) is 9.53 Å². The first-order valence-electron chi connectivity index (χ1n) is 7.12. The van der Waals surface area contributed by atoms with E-state index in [0.29, 0.717) is 11.5 Å². The minimum Gasteiger partial charge on any atom is -0.468 e. The lowest BCUT2D eigenvalue weighted by molar-refractivity contribution is -0.147. The van der Waals surface area contributed by atoms with Crippen molar-refractivity contribution in [3.8, 4) is 6.07 Å². The van der Waals surface area contributed by atoms with E-state index in [9.17, 15) is 4.79 Å². The van der Waals surface area contributed by atoms with Gasteiger partial charge in [0.25, 0.3) is 0 Å². The fourth-order valence-corrected chi connectivity index (χ4v) is 2.90. The van der Waals surface area contributed by atoms with E-state index in [1.165, 1.54) is 7.11 Å². The molecule has 21 heavy (non-hydrogen) atoms. The second-order valence-corrected chi connectivity index (χ2v) is 5.32. The lowest BCUT2D eigenvalue weighted by Gasteiger charge is -2.26. The van der Waals surface area contributed by atoms with E-state index >= 15 is 0 Å². The average molecular weight is 288 g/mol. The van der Waals surface area contributed by atoms with Crippen LogP contribution in [0.15, 0.2) is 24.3 Å². The molecule has 2 atom stereocenters. The van der Waals surface area contributed by atoms with E-state index in [0.717, 1.165) is 31.5 Å². The molecule has 1 heterocycles. The predicted molar refractivity (Wildman–Crippen MR) is 77.3 cm³/mol. The molecule has 0 aromatic heterocycles. The van der Waals surface area contributed by atoms with Crippen LogP contribution in [0.2, 0.25) is 0 Å². The topological polar surface area (TPSA) is 73.6 Å². The summed E-state index contributed by atoms with van der Waals surface area (Å²) >= 11 is 0. The molecule has 0 unspecified atom stereocenters.